The molecule has 2 saturated carbocycles. The molecule has 4 rings (SSSR count). The van der Waals surface area contributed by atoms with Crippen LogP contribution in [0.4, 0.5) is 8.78 Å². The lowest BCUT2D eigenvalue weighted by Crippen LogP contribution is -2.30. The van der Waals surface area contributed by atoms with E-state index in [4.69, 9.17) is 4.74 Å². The van der Waals surface area contributed by atoms with E-state index in [1.165, 1.54) is 25.7 Å². The minimum absolute atomic E-state index is 0.0306. The number of hydrogen-bond donors (Lipinski definition) is 0. The van der Waals surface area contributed by atoms with Crippen molar-refractivity contribution in [3.05, 3.63) is 28.8 Å². The number of rotatable bonds is 1. The number of benzene rings is 1. The van der Waals surface area contributed by atoms with Crippen molar-refractivity contribution in [3.63, 3.8) is 0 Å². The molecule has 2 aliphatic carbocycles. The molecule has 1 nitrogen and oxygen atoms in total. The molecular formula is C21H28F2O. The molecule has 5 unspecified atom stereocenters. The van der Waals surface area contributed by atoms with Gasteiger partial charge in [0.25, 0.3) is 0 Å². The van der Waals surface area contributed by atoms with Gasteiger partial charge < -0.3 is 4.74 Å². The third kappa shape index (κ3) is 2.84. The average Bonchev–Trinajstić information content (AvgIpc) is 2.58. The van der Waals surface area contributed by atoms with Crippen molar-refractivity contribution < 1.29 is 13.5 Å². The number of fused-ring (bicyclic) bond motifs is 2. The molecule has 1 aromatic rings. The van der Waals surface area contributed by atoms with Crippen molar-refractivity contribution in [1.82, 2.24) is 0 Å². The molecule has 0 radical (unpaired) electrons. The second-order valence-electron chi connectivity index (χ2n) is 8.50. The lowest BCUT2D eigenvalue weighted by atomic mass is 9.64. The first-order chi connectivity index (χ1) is 11.5. The average molecular weight is 334 g/mol. The second-order valence-corrected chi connectivity index (χ2v) is 8.50. The van der Waals surface area contributed by atoms with Crippen molar-refractivity contribution >= 4 is 0 Å². The van der Waals surface area contributed by atoms with Crippen molar-refractivity contribution in [2.24, 2.45) is 17.8 Å². The third-order valence-corrected chi connectivity index (χ3v) is 6.72. The van der Waals surface area contributed by atoms with Crippen LogP contribution in [0.5, 0.6) is 5.75 Å². The molecule has 0 N–H and O–H groups in total. The van der Waals surface area contributed by atoms with Crippen molar-refractivity contribution in [2.45, 2.75) is 77.2 Å². The summed E-state index contributed by atoms with van der Waals surface area (Å²) in [7, 11) is 0. The van der Waals surface area contributed by atoms with E-state index in [0.717, 1.165) is 43.1 Å². The highest BCUT2D eigenvalue weighted by molar-refractivity contribution is 5.42. The summed E-state index contributed by atoms with van der Waals surface area (Å²) < 4.78 is 34.9. The summed E-state index contributed by atoms with van der Waals surface area (Å²) in [6.45, 7) is 4.27. The van der Waals surface area contributed by atoms with Gasteiger partial charge in [-0.1, -0.05) is 13.3 Å². The zero-order valence-corrected chi connectivity index (χ0v) is 14.8. The van der Waals surface area contributed by atoms with Crippen molar-refractivity contribution in [1.29, 1.82) is 0 Å². The lowest BCUT2D eigenvalue weighted by Gasteiger charge is -2.41. The van der Waals surface area contributed by atoms with Crippen LogP contribution in [0.1, 0.15) is 75.8 Å². The Bertz CT molecular complexity index is 627. The van der Waals surface area contributed by atoms with Gasteiger partial charge in [-0.3, -0.25) is 0 Å². The Morgan fingerprint density at radius 1 is 0.917 bits per heavy atom. The molecule has 3 heteroatoms. The van der Waals surface area contributed by atoms with Crippen LogP contribution in [-0.4, -0.2) is 6.10 Å². The third-order valence-electron chi connectivity index (χ3n) is 6.72. The van der Waals surface area contributed by atoms with Gasteiger partial charge in [-0.2, -0.15) is 4.39 Å². The maximum atomic E-state index is 14.7. The summed E-state index contributed by atoms with van der Waals surface area (Å²) in [6, 6.07) is 1.91. The van der Waals surface area contributed by atoms with E-state index >= 15 is 0 Å². The summed E-state index contributed by atoms with van der Waals surface area (Å²) in [5.41, 5.74) is 1.47. The molecule has 24 heavy (non-hydrogen) atoms. The molecule has 1 heterocycles. The van der Waals surface area contributed by atoms with Crippen molar-refractivity contribution in [3.8, 4) is 5.75 Å². The Morgan fingerprint density at radius 2 is 1.67 bits per heavy atom. The summed E-state index contributed by atoms with van der Waals surface area (Å²) in [5, 5.41) is 0. The van der Waals surface area contributed by atoms with Gasteiger partial charge in [-0.25, -0.2) is 4.39 Å². The monoisotopic (exact) mass is 334 g/mol. The van der Waals surface area contributed by atoms with Crippen LogP contribution in [0.3, 0.4) is 0 Å². The van der Waals surface area contributed by atoms with E-state index < -0.39 is 11.6 Å². The summed E-state index contributed by atoms with van der Waals surface area (Å²) >= 11 is 0. The van der Waals surface area contributed by atoms with Gasteiger partial charge in [0.05, 0.1) is 6.10 Å². The van der Waals surface area contributed by atoms with Gasteiger partial charge in [0.15, 0.2) is 11.6 Å². The first-order valence-electron chi connectivity index (χ1n) is 9.70. The molecule has 0 spiro atoms. The smallest absolute Gasteiger partial charge is 0.201 e. The number of ether oxygens (including phenoxy) is 1. The highest BCUT2D eigenvalue weighted by Crippen LogP contribution is 2.49. The van der Waals surface area contributed by atoms with Gasteiger partial charge in [-0.15, -0.1) is 0 Å². The van der Waals surface area contributed by atoms with Gasteiger partial charge in [0, 0.05) is 0 Å². The number of halogens is 2. The quantitative estimate of drug-likeness (QED) is 0.612. The molecule has 1 aromatic carbocycles. The van der Waals surface area contributed by atoms with Crippen LogP contribution in [0.2, 0.25) is 0 Å². The van der Waals surface area contributed by atoms with E-state index in [2.05, 4.69) is 6.92 Å². The van der Waals surface area contributed by atoms with Gasteiger partial charge >= 0.3 is 0 Å². The topological polar surface area (TPSA) is 9.23 Å². The van der Waals surface area contributed by atoms with Gasteiger partial charge in [-0.05, 0) is 92.7 Å². The molecule has 2 fully saturated rings. The molecule has 3 aliphatic rings. The van der Waals surface area contributed by atoms with Gasteiger partial charge in [0.2, 0.25) is 5.82 Å². The Kier molecular flexibility index (Phi) is 4.30. The van der Waals surface area contributed by atoms with Crippen LogP contribution < -0.4 is 4.74 Å². The minimum Gasteiger partial charge on any atom is -0.487 e. The van der Waals surface area contributed by atoms with Crippen LogP contribution in [0.25, 0.3) is 0 Å². The fourth-order valence-corrected chi connectivity index (χ4v) is 5.32. The van der Waals surface area contributed by atoms with Crippen molar-refractivity contribution in [2.75, 3.05) is 0 Å². The Labute approximate surface area is 143 Å². The molecular weight excluding hydrogens is 306 g/mol. The Morgan fingerprint density at radius 3 is 2.50 bits per heavy atom. The number of aryl methyl sites for hydroxylation is 1. The van der Waals surface area contributed by atoms with Gasteiger partial charge in [0.1, 0.15) is 0 Å². The molecule has 0 amide bonds. The molecule has 0 aromatic heterocycles. The Hall–Kier alpha value is -1.12. The van der Waals surface area contributed by atoms with E-state index in [9.17, 15) is 8.78 Å². The molecule has 5 atom stereocenters. The summed E-state index contributed by atoms with van der Waals surface area (Å²) in [6.07, 6.45) is 8.72. The van der Waals surface area contributed by atoms with E-state index in [1.807, 2.05) is 13.0 Å². The van der Waals surface area contributed by atoms with E-state index in [-0.39, 0.29) is 17.8 Å². The van der Waals surface area contributed by atoms with Crippen LogP contribution >= 0.6 is 0 Å². The summed E-state index contributed by atoms with van der Waals surface area (Å²) in [5.74, 6) is 1.27. The predicted octanol–water partition coefficient (Wildman–Crippen LogP) is 6.00. The van der Waals surface area contributed by atoms with Crippen LogP contribution in [0, 0.1) is 29.4 Å². The molecule has 132 valence electrons. The number of hydrogen-bond acceptors (Lipinski definition) is 1. The minimum atomic E-state index is -0.756. The highest BCUT2D eigenvalue weighted by atomic mass is 19.2. The maximum Gasteiger partial charge on any atom is 0.201 e. The normalized spacial score (nSPS) is 35.8. The fourth-order valence-electron chi connectivity index (χ4n) is 5.32. The van der Waals surface area contributed by atoms with E-state index in [1.54, 1.807) is 0 Å². The largest absolute Gasteiger partial charge is 0.487 e. The first kappa shape index (κ1) is 16.4. The molecule has 1 aliphatic heterocycles. The Balaban J connectivity index is 1.60. The molecule has 0 saturated heterocycles. The zero-order valence-electron chi connectivity index (χ0n) is 14.8. The van der Waals surface area contributed by atoms with Crippen LogP contribution in [-0.2, 0) is 6.42 Å². The standard InChI is InChI=1S/C21H28F2O/c1-12-3-5-15-10-16(8-7-14(15)9-12)18-11-17-6-4-13(2)24-21(17)20(23)19(18)22/h11-16H,3-10H2,1-2H3. The summed E-state index contributed by atoms with van der Waals surface area (Å²) in [4.78, 5) is 0. The lowest BCUT2D eigenvalue weighted by molar-refractivity contribution is 0.123. The second kappa shape index (κ2) is 6.31. The van der Waals surface area contributed by atoms with E-state index in [0.29, 0.717) is 11.5 Å². The predicted molar refractivity (Wildman–Crippen MR) is 91.4 cm³/mol. The molecule has 0 bridgehead atoms. The zero-order chi connectivity index (χ0) is 16.8. The maximum absolute atomic E-state index is 14.7. The van der Waals surface area contributed by atoms with Crippen LogP contribution in [0.15, 0.2) is 6.07 Å². The fraction of sp³-hybridized carbons (Fsp3) is 0.714. The SMILES string of the molecule is CC1CCC2CC(c3cc4c(c(F)c3F)OC(C)CC4)CCC2C1. The highest BCUT2D eigenvalue weighted by Gasteiger charge is 2.37. The first-order valence-corrected chi connectivity index (χ1v) is 9.70.